The lowest BCUT2D eigenvalue weighted by molar-refractivity contribution is -0.117. The lowest BCUT2D eigenvalue weighted by Gasteiger charge is -2.17. The highest BCUT2D eigenvalue weighted by molar-refractivity contribution is 9.10. The van der Waals surface area contributed by atoms with E-state index in [0.29, 0.717) is 11.5 Å². The Hall–Kier alpha value is -1.62. The zero-order valence-electron chi connectivity index (χ0n) is 11.1. The molecule has 4 nitrogen and oxygen atoms in total. The van der Waals surface area contributed by atoms with Crippen LogP contribution in [0.15, 0.2) is 33.3 Å². The number of hydrogen-bond acceptors (Lipinski definition) is 3. The van der Waals surface area contributed by atoms with Crippen LogP contribution in [0.5, 0.6) is 0 Å². The lowest BCUT2D eigenvalue weighted by Crippen LogP contribution is -2.27. The minimum atomic E-state index is -0.0240. The van der Waals surface area contributed by atoms with E-state index in [1.807, 2.05) is 32.0 Å². The zero-order valence-corrected chi connectivity index (χ0v) is 12.7. The van der Waals surface area contributed by atoms with Crippen LogP contribution in [0.4, 0.5) is 5.69 Å². The Morgan fingerprint density at radius 2 is 2.11 bits per heavy atom. The molecule has 0 atom stereocenters. The van der Waals surface area contributed by atoms with Crippen molar-refractivity contribution in [2.45, 2.75) is 20.3 Å². The molecule has 100 valence electrons. The van der Waals surface area contributed by atoms with E-state index >= 15 is 0 Å². The van der Waals surface area contributed by atoms with Crippen molar-refractivity contribution in [3.63, 3.8) is 0 Å². The molecule has 0 spiro atoms. The largest absolute Gasteiger partial charge is 0.361 e. The molecule has 0 fully saturated rings. The summed E-state index contributed by atoms with van der Waals surface area (Å²) >= 11 is 3.47. The first-order valence-corrected chi connectivity index (χ1v) is 6.71. The molecule has 0 aliphatic carbocycles. The summed E-state index contributed by atoms with van der Waals surface area (Å²) in [5.41, 5.74) is 2.64. The molecule has 5 heteroatoms. The molecule has 0 unspecified atom stereocenters. The number of carbonyl (C=O) groups excluding carboxylic acids is 1. The summed E-state index contributed by atoms with van der Waals surface area (Å²) in [6.07, 6.45) is 0.235. The van der Waals surface area contributed by atoms with Gasteiger partial charge in [-0.3, -0.25) is 4.79 Å². The van der Waals surface area contributed by atoms with E-state index in [9.17, 15) is 4.79 Å². The predicted molar refractivity (Wildman–Crippen MR) is 77.2 cm³/mol. The molecule has 1 amide bonds. The van der Waals surface area contributed by atoms with Crippen LogP contribution in [-0.4, -0.2) is 18.1 Å². The zero-order chi connectivity index (χ0) is 14.0. The number of aryl methyl sites for hydroxylation is 2. The first-order chi connectivity index (χ1) is 8.97. The Bertz CT molecular complexity index is 607. The molecule has 0 aliphatic heterocycles. The van der Waals surface area contributed by atoms with E-state index in [-0.39, 0.29) is 12.3 Å². The highest BCUT2D eigenvalue weighted by Crippen LogP contribution is 2.23. The summed E-state index contributed by atoms with van der Waals surface area (Å²) in [7, 11) is 1.76. The van der Waals surface area contributed by atoms with Gasteiger partial charge in [-0.05, 0) is 31.5 Å². The molecule has 0 N–H and O–H groups in total. The molecular weight excluding hydrogens is 308 g/mol. The number of carbonyl (C=O) groups is 1. The summed E-state index contributed by atoms with van der Waals surface area (Å²) in [5, 5.41) is 3.83. The second-order valence-electron chi connectivity index (χ2n) is 4.49. The Kier molecular flexibility index (Phi) is 4.04. The summed E-state index contributed by atoms with van der Waals surface area (Å²) in [6, 6.07) is 7.60. The normalized spacial score (nSPS) is 10.5. The van der Waals surface area contributed by atoms with Gasteiger partial charge < -0.3 is 9.42 Å². The second kappa shape index (κ2) is 5.57. The quantitative estimate of drug-likeness (QED) is 0.871. The van der Waals surface area contributed by atoms with Crippen molar-refractivity contribution in [2.75, 3.05) is 11.9 Å². The minimum absolute atomic E-state index is 0.0240. The van der Waals surface area contributed by atoms with Crippen molar-refractivity contribution in [3.05, 3.63) is 45.8 Å². The SMILES string of the molecule is Cc1cc(CC(=O)N(C)c2ccc(C)c(Br)c2)no1. The Morgan fingerprint density at radius 1 is 1.37 bits per heavy atom. The standard InChI is InChI=1S/C14H15BrN2O2/c1-9-4-5-12(8-13(9)15)17(3)14(18)7-11-6-10(2)19-16-11/h4-6,8H,7H2,1-3H3. The third-order valence-corrected chi connectivity index (χ3v) is 3.78. The van der Waals surface area contributed by atoms with Gasteiger partial charge in [0, 0.05) is 23.3 Å². The maximum Gasteiger partial charge on any atom is 0.232 e. The van der Waals surface area contributed by atoms with Gasteiger partial charge in [-0.2, -0.15) is 0 Å². The summed E-state index contributed by atoms with van der Waals surface area (Å²) in [6.45, 7) is 3.82. The number of aromatic nitrogens is 1. The van der Waals surface area contributed by atoms with E-state index in [1.165, 1.54) is 0 Å². The van der Waals surface area contributed by atoms with Gasteiger partial charge in [-0.15, -0.1) is 0 Å². The molecule has 2 aromatic rings. The van der Waals surface area contributed by atoms with Gasteiger partial charge in [0.2, 0.25) is 5.91 Å². The van der Waals surface area contributed by atoms with Gasteiger partial charge in [0.05, 0.1) is 12.1 Å². The second-order valence-corrected chi connectivity index (χ2v) is 5.35. The van der Waals surface area contributed by atoms with Crippen molar-refractivity contribution in [3.8, 4) is 0 Å². The molecule has 0 bridgehead atoms. The Labute approximate surface area is 120 Å². The number of hydrogen-bond donors (Lipinski definition) is 0. The average Bonchev–Trinajstić information content (AvgIpc) is 2.77. The molecule has 0 radical (unpaired) electrons. The molecule has 0 saturated heterocycles. The van der Waals surface area contributed by atoms with Crippen molar-refractivity contribution in [1.82, 2.24) is 5.16 Å². The molecule has 1 aromatic heterocycles. The van der Waals surface area contributed by atoms with Crippen LogP contribution < -0.4 is 4.90 Å². The minimum Gasteiger partial charge on any atom is -0.361 e. The smallest absolute Gasteiger partial charge is 0.232 e. The van der Waals surface area contributed by atoms with Crippen LogP contribution in [0.25, 0.3) is 0 Å². The van der Waals surface area contributed by atoms with Crippen LogP contribution in [0.2, 0.25) is 0 Å². The highest BCUT2D eigenvalue weighted by Gasteiger charge is 2.14. The van der Waals surface area contributed by atoms with Crippen molar-refractivity contribution < 1.29 is 9.32 Å². The number of benzene rings is 1. The fourth-order valence-corrected chi connectivity index (χ4v) is 2.08. The number of anilines is 1. The molecule has 19 heavy (non-hydrogen) atoms. The van der Waals surface area contributed by atoms with Crippen LogP contribution in [0.1, 0.15) is 17.0 Å². The first kappa shape index (κ1) is 13.8. The highest BCUT2D eigenvalue weighted by atomic mass is 79.9. The number of nitrogens with zero attached hydrogens (tertiary/aromatic N) is 2. The van der Waals surface area contributed by atoms with Gasteiger partial charge in [-0.25, -0.2) is 0 Å². The Morgan fingerprint density at radius 3 is 2.68 bits per heavy atom. The van der Waals surface area contributed by atoms with Crippen LogP contribution >= 0.6 is 15.9 Å². The van der Waals surface area contributed by atoms with Gasteiger partial charge in [-0.1, -0.05) is 27.2 Å². The van der Waals surface area contributed by atoms with E-state index in [4.69, 9.17) is 4.52 Å². The first-order valence-electron chi connectivity index (χ1n) is 5.92. The number of amides is 1. The lowest BCUT2D eigenvalue weighted by atomic mass is 10.2. The fraction of sp³-hybridized carbons (Fsp3) is 0.286. The third-order valence-electron chi connectivity index (χ3n) is 2.93. The third kappa shape index (κ3) is 3.23. The molecule has 1 aromatic carbocycles. The van der Waals surface area contributed by atoms with Crippen LogP contribution in [0, 0.1) is 13.8 Å². The van der Waals surface area contributed by atoms with Crippen molar-refractivity contribution in [2.24, 2.45) is 0 Å². The van der Waals surface area contributed by atoms with Crippen LogP contribution in [-0.2, 0) is 11.2 Å². The molecule has 1 heterocycles. The van der Waals surface area contributed by atoms with Crippen molar-refractivity contribution >= 4 is 27.5 Å². The summed E-state index contributed by atoms with van der Waals surface area (Å²) < 4.78 is 5.95. The van der Waals surface area contributed by atoms with Crippen molar-refractivity contribution in [1.29, 1.82) is 0 Å². The topological polar surface area (TPSA) is 46.3 Å². The summed E-state index contributed by atoms with van der Waals surface area (Å²) in [4.78, 5) is 13.8. The average molecular weight is 323 g/mol. The van der Waals surface area contributed by atoms with Gasteiger partial charge in [0.1, 0.15) is 5.76 Å². The van der Waals surface area contributed by atoms with Gasteiger partial charge in [0.25, 0.3) is 0 Å². The Balaban J connectivity index is 2.12. The van der Waals surface area contributed by atoms with E-state index in [2.05, 4.69) is 21.1 Å². The number of rotatable bonds is 3. The van der Waals surface area contributed by atoms with E-state index in [1.54, 1.807) is 18.0 Å². The molecule has 2 rings (SSSR count). The number of likely N-dealkylation sites (N-methyl/N-ethyl adjacent to an activating group) is 1. The maximum atomic E-state index is 12.1. The van der Waals surface area contributed by atoms with Crippen LogP contribution in [0.3, 0.4) is 0 Å². The number of halogens is 1. The molecular formula is C14H15BrN2O2. The monoisotopic (exact) mass is 322 g/mol. The van der Waals surface area contributed by atoms with Gasteiger partial charge >= 0.3 is 0 Å². The summed E-state index contributed by atoms with van der Waals surface area (Å²) in [5.74, 6) is 0.688. The maximum absolute atomic E-state index is 12.1. The predicted octanol–water partition coefficient (Wildman–Crippen LogP) is 3.26. The molecule has 0 aliphatic rings. The van der Waals surface area contributed by atoms with Gasteiger partial charge in [0.15, 0.2) is 0 Å². The fourth-order valence-electron chi connectivity index (χ4n) is 1.71. The van der Waals surface area contributed by atoms with E-state index in [0.717, 1.165) is 15.7 Å². The molecule has 0 saturated carbocycles. The van der Waals surface area contributed by atoms with E-state index < -0.39 is 0 Å².